The van der Waals surface area contributed by atoms with Gasteiger partial charge in [0.25, 0.3) is 0 Å². The third-order valence-electron chi connectivity index (χ3n) is 12.2. The van der Waals surface area contributed by atoms with E-state index in [0.717, 1.165) is 25.7 Å². The Bertz CT molecular complexity index is 2910. The van der Waals surface area contributed by atoms with E-state index in [1.165, 1.54) is 98.6 Å². The number of nitrogens with zero attached hydrogens (tertiary/aromatic N) is 3. The number of allylic oxidation sites excluding steroid dienone is 7. The Kier molecular flexibility index (Phi) is 6.65. The summed E-state index contributed by atoms with van der Waals surface area (Å²) in [6.07, 6.45) is 18.8. The zero-order chi connectivity index (χ0) is 35.5. The van der Waals surface area contributed by atoms with Gasteiger partial charge >= 0.3 is 0 Å². The number of rotatable bonds is 2. The average molecular weight is 711 g/mol. The van der Waals surface area contributed by atoms with Crippen LogP contribution in [-0.4, -0.2) is 16.4 Å². The van der Waals surface area contributed by atoms with E-state index in [4.69, 9.17) is 0 Å². The van der Waals surface area contributed by atoms with Crippen molar-refractivity contribution in [3.8, 4) is 0 Å². The first-order chi connectivity index (χ1) is 26.7. The Morgan fingerprint density at radius 1 is 0.722 bits per heavy atom. The van der Waals surface area contributed by atoms with Crippen molar-refractivity contribution in [1.29, 1.82) is 0 Å². The van der Waals surface area contributed by atoms with Gasteiger partial charge in [-0.1, -0.05) is 133 Å². The monoisotopic (exact) mass is 710 g/mol. The summed E-state index contributed by atoms with van der Waals surface area (Å²) >= 11 is 1.90. The fourth-order valence-electron chi connectivity index (χ4n) is 9.86. The maximum Gasteiger partial charge on any atom is 0.197 e. The summed E-state index contributed by atoms with van der Waals surface area (Å²) in [5.74, 6) is 0.497. The van der Waals surface area contributed by atoms with Crippen LogP contribution in [0.4, 0.5) is 11.4 Å². The van der Waals surface area contributed by atoms with E-state index in [1.54, 1.807) is 0 Å². The third kappa shape index (κ3) is 4.45. The molecule has 2 unspecified atom stereocenters. The lowest BCUT2D eigenvalue weighted by molar-refractivity contribution is 0.579. The molecule has 2 aromatic heterocycles. The molecule has 3 aliphatic carbocycles. The molecule has 2 bridgehead atoms. The van der Waals surface area contributed by atoms with Crippen molar-refractivity contribution in [1.82, 2.24) is 9.13 Å². The molecule has 257 valence electrons. The predicted molar refractivity (Wildman–Crippen MR) is 230 cm³/mol. The second-order valence-electron chi connectivity index (χ2n) is 15.5. The van der Waals surface area contributed by atoms with Gasteiger partial charge in [0, 0.05) is 59.6 Å². The van der Waals surface area contributed by atoms with E-state index in [9.17, 15) is 0 Å². The molecule has 0 amide bonds. The number of fused-ring (bicyclic) bond motifs is 11. The maximum atomic E-state index is 2.72. The smallest absolute Gasteiger partial charge is 0.197 e. The highest BCUT2D eigenvalue weighted by atomic mass is 32.2. The molecule has 5 heteroatoms. The highest BCUT2D eigenvalue weighted by molar-refractivity contribution is 8.03. The lowest BCUT2D eigenvalue weighted by Crippen LogP contribution is -2.32. The van der Waals surface area contributed by atoms with Gasteiger partial charge in [-0.05, 0) is 85.2 Å². The summed E-state index contributed by atoms with van der Waals surface area (Å²) in [5, 5.41) is 3.95. The molecule has 5 aromatic carbocycles. The van der Waals surface area contributed by atoms with Crippen LogP contribution >= 0.6 is 11.8 Å². The van der Waals surface area contributed by atoms with E-state index in [0.29, 0.717) is 5.92 Å². The number of aromatic nitrogens is 2. The van der Waals surface area contributed by atoms with Crippen molar-refractivity contribution in [2.24, 2.45) is 5.92 Å². The first-order valence-electron chi connectivity index (χ1n) is 19.4. The zero-order valence-electron chi connectivity index (χ0n) is 30.2. The second-order valence-corrected chi connectivity index (χ2v) is 16.6. The minimum Gasteiger partial charge on any atom is -0.337 e. The van der Waals surface area contributed by atoms with Crippen molar-refractivity contribution in [3.63, 3.8) is 0 Å². The van der Waals surface area contributed by atoms with Crippen LogP contribution < -0.4 is 15.8 Å². The number of anilines is 2. The van der Waals surface area contributed by atoms with E-state index >= 15 is 0 Å². The third-order valence-corrected chi connectivity index (χ3v) is 13.4. The van der Waals surface area contributed by atoms with Crippen LogP contribution in [0.5, 0.6) is 0 Å². The van der Waals surface area contributed by atoms with Crippen LogP contribution in [-0.2, 0) is 6.42 Å². The first-order valence-corrected chi connectivity index (χ1v) is 20.2. The number of hydrogen-bond acceptors (Lipinski definition) is 2. The topological polar surface area (TPSA) is 13.1 Å². The van der Waals surface area contributed by atoms with Crippen molar-refractivity contribution in [2.45, 2.75) is 43.5 Å². The molecule has 3 nitrogen and oxygen atoms in total. The van der Waals surface area contributed by atoms with Crippen LogP contribution in [0.3, 0.4) is 0 Å². The number of hydrogen-bond donors (Lipinski definition) is 0. The van der Waals surface area contributed by atoms with Crippen LogP contribution in [0.1, 0.15) is 49.0 Å². The molecule has 0 saturated carbocycles. The van der Waals surface area contributed by atoms with Crippen molar-refractivity contribution >= 4 is 91.4 Å². The van der Waals surface area contributed by atoms with Crippen molar-refractivity contribution < 1.29 is 0 Å². The summed E-state index contributed by atoms with van der Waals surface area (Å²) in [5.41, 5.74) is 17.0. The first kappa shape index (κ1) is 30.8. The van der Waals surface area contributed by atoms with E-state index < -0.39 is 0 Å². The Labute approximate surface area is 320 Å². The van der Waals surface area contributed by atoms with Gasteiger partial charge in [-0.25, -0.2) is 0 Å². The minimum absolute atomic E-state index is 0.159. The second kappa shape index (κ2) is 11.7. The Morgan fingerprint density at radius 2 is 1.50 bits per heavy atom. The van der Waals surface area contributed by atoms with Crippen LogP contribution in [0, 0.1) is 5.92 Å². The van der Waals surface area contributed by atoms with E-state index in [-0.39, 0.29) is 6.04 Å². The highest BCUT2D eigenvalue weighted by Crippen LogP contribution is 2.51. The SMILES string of the molecule is CC1C=Cc2c(n3c4c(cccc24)[B]c2cccc4c5ccccc5n(c24)C2=CC3CC(c3ccc(N4C5=CCCC=C5Sc5ccccc54)cc3)=C2)C1. The standard InChI is InChI=1S/C49H37BN3S/c1-30-20-25-37-39-12-9-14-41-49(39)53(45(37)26-30)35-28-32(27-34(29-35)52-42-15-3-2-10-36(42)38-11-8-13-40(50-41)48(38)52)31-21-23-33(24-22-31)51-43-16-4-6-18-46(43)54-47-19-7-5-17-44(47)51/h2-4,6,8-25,27,29-30,35H,5,7,26,28H2,1H3. The van der Waals surface area contributed by atoms with Gasteiger partial charge in [0.05, 0.1) is 22.9 Å². The number of thioether (sulfide) groups is 1. The highest BCUT2D eigenvalue weighted by Gasteiger charge is 2.32. The van der Waals surface area contributed by atoms with Crippen LogP contribution in [0.15, 0.2) is 155 Å². The lowest BCUT2D eigenvalue weighted by atomic mass is 9.62. The summed E-state index contributed by atoms with van der Waals surface area (Å²) < 4.78 is 5.27. The van der Waals surface area contributed by atoms with Gasteiger partial charge < -0.3 is 14.0 Å². The summed E-state index contributed by atoms with van der Waals surface area (Å²) in [7, 11) is 2.44. The summed E-state index contributed by atoms with van der Waals surface area (Å²) in [6.45, 7) is 2.35. The van der Waals surface area contributed by atoms with E-state index in [2.05, 4.69) is 174 Å². The molecule has 4 heterocycles. The molecule has 2 atom stereocenters. The molecule has 0 spiro atoms. The molecule has 0 fully saturated rings. The van der Waals surface area contributed by atoms with Crippen molar-refractivity contribution in [2.75, 3.05) is 4.90 Å². The zero-order valence-corrected chi connectivity index (χ0v) is 31.0. The molecule has 5 aliphatic rings. The van der Waals surface area contributed by atoms with Gasteiger partial charge in [0.2, 0.25) is 0 Å². The quantitative estimate of drug-likeness (QED) is 0.166. The number of para-hydroxylation sites is 4. The Hall–Kier alpha value is -5.65. The molecular weight excluding hydrogens is 673 g/mol. The van der Waals surface area contributed by atoms with Gasteiger partial charge in [0.15, 0.2) is 7.28 Å². The maximum absolute atomic E-state index is 2.72. The number of benzene rings is 5. The molecule has 0 saturated heterocycles. The average Bonchev–Trinajstić information content (AvgIpc) is 3.73. The molecule has 1 radical (unpaired) electrons. The molecule has 2 aliphatic heterocycles. The Morgan fingerprint density at radius 3 is 2.41 bits per heavy atom. The largest absolute Gasteiger partial charge is 0.337 e. The van der Waals surface area contributed by atoms with Gasteiger partial charge in [0.1, 0.15) is 0 Å². The lowest BCUT2D eigenvalue weighted by Gasteiger charge is -2.36. The summed E-state index contributed by atoms with van der Waals surface area (Å²) in [6, 6.07) is 41.1. The van der Waals surface area contributed by atoms with Crippen LogP contribution in [0.2, 0.25) is 0 Å². The minimum atomic E-state index is 0.159. The molecule has 0 N–H and O–H groups in total. The molecular formula is C49H37BN3S. The van der Waals surface area contributed by atoms with Crippen molar-refractivity contribution in [3.05, 3.63) is 167 Å². The van der Waals surface area contributed by atoms with Crippen LogP contribution in [0.25, 0.3) is 50.1 Å². The van der Waals surface area contributed by atoms with Gasteiger partial charge in [-0.15, -0.1) is 0 Å². The molecule has 12 rings (SSSR count). The molecule has 7 aromatic rings. The predicted octanol–water partition coefficient (Wildman–Crippen LogP) is 11.3. The van der Waals surface area contributed by atoms with Gasteiger partial charge in [-0.2, -0.15) is 0 Å². The molecule has 54 heavy (non-hydrogen) atoms. The Balaban J connectivity index is 1.07. The van der Waals surface area contributed by atoms with E-state index in [1.807, 2.05) is 11.8 Å². The summed E-state index contributed by atoms with van der Waals surface area (Å²) in [4.78, 5) is 5.15. The fraction of sp³-hybridized carbons (Fsp3) is 0.143. The normalized spacial score (nSPS) is 19.7. The van der Waals surface area contributed by atoms with Gasteiger partial charge in [-0.3, -0.25) is 0 Å². The fourth-order valence-corrected chi connectivity index (χ4v) is 11.0.